The highest BCUT2D eigenvalue weighted by Crippen LogP contribution is 2.26. The standard InChI is InChI=1S/C19H21ClN2O3S2/c1-26-17-6-4-16(5-7-17)21-19(23)14-10-12-22(13-11-14)27(24,25)18-8-2-15(20)3-9-18/h2-9,14H,10-13H2,1H3,(H,21,23). The van der Waals surface area contributed by atoms with Crippen LogP contribution >= 0.6 is 23.4 Å². The second-order valence-electron chi connectivity index (χ2n) is 6.35. The number of carbonyl (C=O) groups excluding carboxylic acids is 1. The predicted molar refractivity (Wildman–Crippen MR) is 110 cm³/mol. The van der Waals surface area contributed by atoms with Crippen molar-refractivity contribution in [2.75, 3.05) is 24.7 Å². The summed E-state index contributed by atoms with van der Waals surface area (Å²) in [5, 5.41) is 3.42. The smallest absolute Gasteiger partial charge is 0.243 e. The second-order valence-corrected chi connectivity index (χ2v) is 9.60. The summed E-state index contributed by atoms with van der Waals surface area (Å²) in [6.07, 6.45) is 3.00. The number of benzene rings is 2. The largest absolute Gasteiger partial charge is 0.326 e. The van der Waals surface area contributed by atoms with Gasteiger partial charge < -0.3 is 5.32 Å². The third kappa shape index (κ3) is 4.85. The number of anilines is 1. The fraction of sp³-hybridized carbons (Fsp3) is 0.316. The Morgan fingerprint density at radius 1 is 1.07 bits per heavy atom. The Labute approximate surface area is 169 Å². The first-order chi connectivity index (χ1) is 12.9. The average molecular weight is 425 g/mol. The van der Waals surface area contributed by atoms with Gasteiger partial charge in [-0.1, -0.05) is 11.6 Å². The Kier molecular flexibility index (Phi) is 6.47. The highest BCUT2D eigenvalue weighted by atomic mass is 35.5. The second kappa shape index (κ2) is 8.65. The van der Waals surface area contributed by atoms with E-state index in [1.165, 1.54) is 16.4 Å². The minimum Gasteiger partial charge on any atom is -0.326 e. The Morgan fingerprint density at radius 2 is 1.67 bits per heavy atom. The summed E-state index contributed by atoms with van der Waals surface area (Å²) in [6, 6.07) is 13.8. The third-order valence-corrected chi connectivity index (χ3v) is 7.54. The fourth-order valence-electron chi connectivity index (χ4n) is 3.03. The number of sulfonamides is 1. The summed E-state index contributed by atoms with van der Waals surface area (Å²) >= 11 is 7.47. The Balaban J connectivity index is 1.59. The molecule has 1 saturated heterocycles. The quantitative estimate of drug-likeness (QED) is 0.734. The molecule has 1 aliphatic rings. The van der Waals surface area contributed by atoms with Crippen LogP contribution in [0.15, 0.2) is 58.3 Å². The lowest BCUT2D eigenvalue weighted by Gasteiger charge is -2.30. The maximum atomic E-state index is 12.7. The van der Waals surface area contributed by atoms with Gasteiger partial charge in [0.25, 0.3) is 0 Å². The molecule has 27 heavy (non-hydrogen) atoms. The van der Waals surface area contributed by atoms with E-state index < -0.39 is 10.0 Å². The van der Waals surface area contributed by atoms with Gasteiger partial charge in [0.15, 0.2) is 0 Å². The number of piperidine rings is 1. The SMILES string of the molecule is CSc1ccc(NC(=O)C2CCN(S(=O)(=O)c3ccc(Cl)cc3)CC2)cc1. The van der Waals surface area contributed by atoms with E-state index in [0.717, 1.165) is 10.6 Å². The molecule has 0 unspecified atom stereocenters. The van der Waals surface area contributed by atoms with Gasteiger partial charge in [-0.15, -0.1) is 11.8 Å². The molecule has 0 aromatic heterocycles. The van der Waals surface area contributed by atoms with Crippen molar-refractivity contribution in [2.45, 2.75) is 22.6 Å². The molecule has 2 aromatic carbocycles. The zero-order chi connectivity index (χ0) is 19.4. The predicted octanol–water partition coefficient (Wildman–Crippen LogP) is 4.10. The van der Waals surface area contributed by atoms with Crippen molar-refractivity contribution in [3.63, 3.8) is 0 Å². The molecule has 0 bridgehead atoms. The molecular weight excluding hydrogens is 404 g/mol. The first-order valence-electron chi connectivity index (χ1n) is 8.61. The molecule has 3 rings (SSSR count). The zero-order valence-electron chi connectivity index (χ0n) is 14.9. The first-order valence-corrected chi connectivity index (χ1v) is 11.6. The number of carbonyl (C=O) groups is 1. The number of amides is 1. The monoisotopic (exact) mass is 424 g/mol. The number of nitrogens with one attached hydrogen (secondary N) is 1. The van der Waals surface area contributed by atoms with Crippen LogP contribution in [0.3, 0.4) is 0 Å². The zero-order valence-corrected chi connectivity index (χ0v) is 17.3. The minimum absolute atomic E-state index is 0.0598. The number of thioether (sulfide) groups is 1. The van der Waals surface area contributed by atoms with Crippen molar-refractivity contribution in [2.24, 2.45) is 5.92 Å². The fourth-order valence-corrected chi connectivity index (χ4v) is 5.04. The minimum atomic E-state index is -3.55. The van der Waals surface area contributed by atoms with Crippen LogP contribution in [-0.4, -0.2) is 38.0 Å². The van der Waals surface area contributed by atoms with Gasteiger partial charge in [0.05, 0.1) is 4.90 Å². The summed E-state index contributed by atoms with van der Waals surface area (Å²) in [7, 11) is -3.55. The van der Waals surface area contributed by atoms with Crippen molar-refractivity contribution < 1.29 is 13.2 Å². The Bertz CT molecular complexity index is 892. The van der Waals surface area contributed by atoms with Gasteiger partial charge in [-0.2, -0.15) is 4.31 Å². The summed E-state index contributed by atoms with van der Waals surface area (Å²) in [4.78, 5) is 13.8. The van der Waals surface area contributed by atoms with Gasteiger partial charge in [0.2, 0.25) is 15.9 Å². The van der Waals surface area contributed by atoms with Crippen molar-refractivity contribution in [1.29, 1.82) is 0 Å². The lowest BCUT2D eigenvalue weighted by Crippen LogP contribution is -2.41. The van der Waals surface area contributed by atoms with Crippen LogP contribution in [0.5, 0.6) is 0 Å². The van der Waals surface area contributed by atoms with Gasteiger partial charge in [0.1, 0.15) is 0 Å². The molecule has 1 fully saturated rings. The molecule has 0 atom stereocenters. The van der Waals surface area contributed by atoms with Crippen LogP contribution in [0.4, 0.5) is 5.69 Å². The lowest BCUT2D eigenvalue weighted by molar-refractivity contribution is -0.120. The maximum Gasteiger partial charge on any atom is 0.243 e. The van der Waals surface area contributed by atoms with Gasteiger partial charge in [0, 0.05) is 34.6 Å². The summed E-state index contributed by atoms with van der Waals surface area (Å²) in [6.45, 7) is 0.656. The van der Waals surface area contributed by atoms with E-state index in [2.05, 4.69) is 5.32 Å². The van der Waals surface area contributed by atoms with E-state index in [0.29, 0.717) is 31.0 Å². The normalized spacial score (nSPS) is 16.2. The van der Waals surface area contributed by atoms with Crippen molar-refractivity contribution in [3.8, 4) is 0 Å². The van der Waals surface area contributed by atoms with Crippen LogP contribution in [0, 0.1) is 5.92 Å². The molecule has 8 heteroatoms. The van der Waals surface area contributed by atoms with Gasteiger partial charge in [-0.3, -0.25) is 4.79 Å². The average Bonchev–Trinajstić information content (AvgIpc) is 2.69. The van der Waals surface area contributed by atoms with Crippen LogP contribution in [0.2, 0.25) is 5.02 Å². The molecule has 1 amide bonds. The van der Waals surface area contributed by atoms with Crippen molar-refractivity contribution in [3.05, 3.63) is 53.6 Å². The topological polar surface area (TPSA) is 66.5 Å². The van der Waals surface area contributed by atoms with Crippen molar-refractivity contribution in [1.82, 2.24) is 4.31 Å². The highest BCUT2D eigenvalue weighted by molar-refractivity contribution is 7.98. The third-order valence-electron chi connectivity index (χ3n) is 4.63. The Hall–Kier alpha value is -1.54. The number of hydrogen-bond donors (Lipinski definition) is 1. The molecule has 0 saturated carbocycles. The molecule has 0 spiro atoms. The molecule has 1 aliphatic heterocycles. The number of rotatable bonds is 5. The van der Waals surface area contributed by atoms with E-state index >= 15 is 0 Å². The van der Waals surface area contributed by atoms with E-state index in [1.807, 2.05) is 30.5 Å². The molecule has 144 valence electrons. The van der Waals surface area contributed by atoms with E-state index in [4.69, 9.17) is 11.6 Å². The first kappa shape index (κ1) is 20.2. The molecule has 0 radical (unpaired) electrons. The van der Waals surface area contributed by atoms with E-state index in [9.17, 15) is 13.2 Å². The summed E-state index contributed by atoms with van der Waals surface area (Å²) in [5.41, 5.74) is 0.758. The molecule has 5 nitrogen and oxygen atoms in total. The molecule has 2 aromatic rings. The van der Waals surface area contributed by atoms with Crippen LogP contribution in [0.1, 0.15) is 12.8 Å². The maximum absolute atomic E-state index is 12.7. The van der Waals surface area contributed by atoms with E-state index in [-0.39, 0.29) is 16.7 Å². The van der Waals surface area contributed by atoms with Gasteiger partial charge in [-0.05, 0) is 67.6 Å². The van der Waals surface area contributed by atoms with Crippen LogP contribution < -0.4 is 5.32 Å². The molecule has 1 heterocycles. The van der Waals surface area contributed by atoms with Crippen LogP contribution in [-0.2, 0) is 14.8 Å². The van der Waals surface area contributed by atoms with Gasteiger partial charge >= 0.3 is 0 Å². The number of halogens is 1. The van der Waals surface area contributed by atoms with Gasteiger partial charge in [-0.25, -0.2) is 8.42 Å². The van der Waals surface area contributed by atoms with Crippen molar-refractivity contribution >= 4 is 45.0 Å². The van der Waals surface area contributed by atoms with Crippen LogP contribution in [0.25, 0.3) is 0 Å². The lowest BCUT2D eigenvalue weighted by atomic mass is 9.97. The molecular formula is C19H21ClN2O3S2. The highest BCUT2D eigenvalue weighted by Gasteiger charge is 2.32. The summed E-state index contributed by atoms with van der Waals surface area (Å²) in [5.74, 6) is -0.252. The molecule has 1 N–H and O–H groups in total. The summed E-state index contributed by atoms with van der Waals surface area (Å²) < 4.78 is 26.9. The Morgan fingerprint density at radius 3 is 2.22 bits per heavy atom. The number of hydrogen-bond acceptors (Lipinski definition) is 4. The molecule has 0 aliphatic carbocycles. The van der Waals surface area contributed by atoms with E-state index in [1.54, 1.807) is 23.9 Å². The number of nitrogens with zero attached hydrogens (tertiary/aromatic N) is 1.